The van der Waals surface area contributed by atoms with Gasteiger partial charge < -0.3 is 10.1 Å². The Balaban J connectivity index is 2.00. The second-order valence-electron chi connectivity index (χ2n) is 4.87. The molecule has 1 amide bonds. The monoisotopic (exact) mass is 361 g/mol. The summed E-state index contributed by atoms with van der Waals surface area (Å²) in [6, 6.07) is 12.5. The molecule has 5 heteroatoms. The summed E-state index contributed by atoms with van der Waals surface area (Å²) in [7, 11) is 0. The normalized spacial score (nSPS) is 10.1. The number of ketones is 1. The Labute approximate surface area is 137 Å². The number of amides is 1. The van der Waals surface area contributed by atoms with Gasteiger partial charge in [0.15, 0.2) is 12.4 Å². The largest absolute Gasteiger partial charge is 0.483 e. The van der Waals surface area contributed by atoms with E-state index in [0.29, 0.717) is 17.0 Å². The summed E-state index contributed by atoms with van der Waals surface area (Å²) in [5.74, 6) is 0.0216. The van der Waals surface area contributed by atoms with Gasteiger partial charge in [-0.05, 0) is 59.6 Å². The zero-order valence-electron chi connectivity index (χ0n) is 12.4. The lowest BCUT2D eigenvalue weighted by Gasteiger charge is -2.11. The van der Waals surface area contributed by atoms with E-state index >= 15 is 0 Å². The highest BCUT2D eigenvalue weighted by Crippen LogP contribution is 2.23. The number of para-hydroxylation sites is 1. The van der Waals surface area contributed by atoms with Gasteiger partial charge in [-0.3, -0.25) is 9.59 Å². The van der Waals surface area contributed by atoms with Crippen molar-refractivity contribution in [3.05, 3.63) is 58.1 Å². The van der Waals surface area contributed by atoms with Gasteiger partial charge in [-0.25, -0.2) is 0 Å². The van der Waals surface area contributed by atoms with Gasteiger partial charge in [-0.1, -0.05) is 18.2 Å². The molecule has 0 atom stereocenters. The Kier molecular flexibility index (Phi) is 5.33. The van der Waals surface area contributed by atoms with Gasteiger partial charge in [0, 0.05) is 4.47 Å². The molecule has 0 aliphatic carbocycles. The standard InChI is InChI=1S/C17H16BrNO3/c1-11-7-8-15(14(18)9-11)19-17(21)10-22-16-6-4-3-5-13(16)12(2)20/h3-9H,10H2,1-2H3,(H,19,21). The SMILES string of the molecule is CC(=O)c1ccccc1OCC(=O)Nc1ccc(C)cc1Br. The molecule has 2 aromatic rings. The van der Waals surface area contributed by atoms with E-state index in [-0.39, 0.29) is 18.3 Å². The van der Waals surface area contributed by atoms with Gasteiger partial charge in [0.1, 0.15) is 5.75 Å². The molecule has 2 aromatic carbocycles. The summed E-state index contributed by atoms with van der Waals surface area (Å²) in [4.78, 5) is 23.5. The predicted octanol–water partition coefficient (Wildman–Crippen LogP) is 3.98. The lowest BCUT2D eigenvalue weighted by Crippen LogP contribution is -2.21. The molecule has 0 spiro atoms. The summed E-state index contributed by atoms with van der Waals surface area (Å²) >= 11 is 3.40. The maximum Gasteiger partial charge on any atom is 0.262 e. The molecule has 0 saturated heterocycles. The zero-order valence-corrected chi connectivity index (χ0v) is 13.9. The summed E-state index contributed by atoms with van der Waals surface area (Å²) in [5, 5.41) is 2.76. The third-order valence-electron chi connectivity index (χ3n) is 3.02. The van der Waals surface area contributed by atoms with Gasteiger partial charge in [0.25, 0.3) is 5.91 Å². The van der Waals surface area contributed by atoms with Crippen molar-refractivity contribution in [3.8, 4) is 5.75 Å². The molecular formula is C17H16BrNO3. The minimum Gasteiger partial charge on any atom is -0.483 e. The summed E-state index contributed by atoms with van der Waals surface area (Å²) < 4.78 is 6.26. The first kappa shape index (κ1) is 16.2. The van der Waals surface area contributed by atoms with Crippen molar-refractivity contribution in [2.45, 2.75) is 13.8 Å². The molecular weight excluding hydrogens is 346 g/mol. The van der Waals surface area contributed by atoms with Gasteiger partial charge in [-0.15, -0.1) is 0 Å². The molecule has 0 aliphatic rings. The second-order valence-corrected chi connectivity index (χ2v) is 5.73. The van der Waals surface area contributed by atoms with E-state index in [2.05, 4.69) is 21.2 Å². The maximum absolute atomic E-state index is 12.0. The van der Waals surface area contributed by atoms with Crippen LogP contribution in [0.25, 0.3) is 0 Å². The molecule has 0 aliphatic heterocycles. The topological polar surface area (TPSA) is 55.4 Å². The van der Waals surface area contributed by atoms with Crippen molar-refractivity contribution in [3.63, 3.8) is 0 Å². The van der Waals surface area contributed by atoms with E-state index in [1.807, 2.05) is 25.1 Å². The number of hydrogen-bond donors (Lipinski definition) is 1. The first-order chi connectivity index (χ1) is 10.5. The van der Waals surface area contributed by atoms with Crippen LogP contribution in [-0.4, -0.2) is 18.3 Å². The smallest absolute Gasteiger partial charge is 0.262 e. The van der Waals surface area contributed by atoms with Gasteiger partial charge in [-0.2, -0.15) is 0 Å². The van der Waals surface area contributed by atoms with E-state index in [4.69, 9.17) is 4.74 Å². The van der Waals surface area contributed by atoms with Crippen molar-refractivity contribution >= 4 is 33.3 Å². The van der Waals surface area contributed by atoms with E-state index in [9.17, 15) is 9.59 Å². The highest BCUT2D eigenvalue weighted by Gasteiger charge is 2.10. The Morgan fingerprint density at radius 3 is 2.59 bits per heavy atom. The average molecular weight is 362 g/mol. The fourth-order valence-corrected chi connectivity index (χ4v) is 2.53. The molecule has 114 valence electrons. The highest BCUT2D eigenvalue weighted by molar-refractivity contribution is 9.10. The first-order valence-electron chi connectivity index (χ1n) is 6.76. The molecule has 0 saturated carbocycles. The number of anilines is 1. The highest BCUT2D eigenvalue weighted by atomic mass is 79.9. The zero-order chi connectivity index (χ0) is 16.1. The number of hydrogen-bond acceptors (Lipinski definition) is 3. The summed E-state index contributed by atoms with van der Waals surface area (Å²) in [5.41, 5.74) is 2.24. The number of aryl methyl sites for hydroxylation is 1. The van der Waals surface area contributed by atoms with Crippen LogP contribution < -0.4 is 10.1 Å². The van der Waals surface area contributed by atoms with Crippen LogP contribution in [0.2, 0.25) is 0 Å². The number of carbonyl (C=O) groups is 2. The van der Waals surface area contributed by atoms with E-state index in [1.54, 1.807) is 24.3 Å². The van der Waals surface area contributed by atoms with Crippen LogP contribution in [0.1, 0.15) is 22.8 Å². The van der Waals surface area contributed by atoms with E-state index in [1.165, 1.54) is 6.92 Å². The molecule has 4 nitrogen and oxygen atoms in total. The number of ether oxygens (including phenoxy) is 1. The number of rotatable bonds is 5. The fourth-order valence-electron chi connectivity index (χ4n) is 1.93. The van der Waals surface area contributed by atoms with Crippen LogP contribution in [0.5, 0.6) is 5.75 Å². The Morgan fingerprint density at radius 2 is 1.91 bits per heavy atom. The molecule has 0 aromatic heterocycles. The second kappa shape index (κ2) is 7.22. The molecule has 2 rings (SSSR count). The van der Waals surface area contributed by atoms with Crippen molar-refractivity contribution in [2.24, 2.45) is 0 Å². The van der Waals surface area contributed by atoms with Gasteiger partial charge in [0.2, 0.25) is 0 Å². The number of benzene rings is 2. The van der Waals surface area contributed by atoms with Crippen molar-refractivity contribution in [2.75, 3.05) is 11.9 Å². The fraction of sp³-hybridized carbons (Fsp3) is 0.176. The Morgan fingerprint density at radius 1 is 1.18 bits per heavy atom. The summed E-state index contributed by atoms with van der Waals surface area (Å²) in [6.07, 6.45) is 0. The predicted molar refractivity (Wildman–Crippen MR) is 89.5 cm³/mol. The minimum atomic E-state index is -0.289. The van der Waals surface area contributed by atoms with Crippen LogP contribution in [-0.2, 0) is 4.79 Å². The Bertz CT molecular complexity index is 713. The number of Topliss-reactive ketones (excluding diaryl/α,β-unsaturated/α-hetero) is 1. The molecule has 22 heavy (non-hydrogen) atoms. The molecule has 0 unspecified atom stereocenters. The number of halogens is 1. The molecule has 0 fully saturated rings. The average Bonchev–Trinajstić information content (AvgIpc) is 2.48. The molecule has 0 radical (unpaired) electrons. The summed E-state index contributed by atoms with van der Waals surface area (Å²) in [6.45, 7) is 3.27. The van der Waals surface area contributed by atoms with Crippen LogP contribution in [0.3, 0.4) is 0 Å². The lowest BCUT2D eigenvalue weighted by atomic mass is 10.1. The Hall–Kier alpha value is -2.14. The van der Waals surface area contributed by atoms with Crippen LogP contribution in [0.15, 0.2) is 46.9 Å². The third-order valence-corrected chi connectivity index (χ3v) is 3.68. The molecule has 1 N–H and O–H groups in total. The van der Waals surface area contributed by atoms with Gasteiger partial charge >= 0.3 is 0 Å². The van der Waals surface area contributed by atoms with Crippen LogP contribution >= 0.6 is 15.9 Å². The van der Waals surface area contributed by atoms with Crippen molar-refractivity contribution in [1.29, 1.82) is 0 Å². The maximum atomic E-state index is 12.0. The van der Waals surface area contributed by atoms with Crippen molar-refractivity contribution in [1.82, 2.24) is 0 Å². The third kappa shape index (κ3) is 4.18. The number of nitrogens with one attached hydrogen (secondary N) is 1. The lowest BCUT2D eigenvalue weighted by molar-refractivity contribution is -0.118. The van der Waals surface area contributed by atoms with E-state index < -0.39 is 0 Å². The van der Waals surface area contributed by atoms with Crippen LogP contribution in [0.4, 0.5) is 5.69 Å². The molecule has 0 heterocycles. The van der Waals surface area contributed by atoms with Gasteiger partial charge in [0.05, 0.1) is 11.3 Å². The van der Waals surface area contributed by atoms with E-state index in [0.717, 1.165) is 10.0 Å². The first-order valence-corrected chi connectivity index (χ1v) is 7.55. The molecule has 0 bridgehead atoms. The van der Waals surface area contributed by atoms with Crippen LogP contribution in [0, 0.1) is 6.92 Å². The minimum absolute atomic E-state index is 0.0997. The quantitative estimate of drug-likeness (QED) is 0.819. The van der Waals surface area contributed by atoms with Crippen molar-refractivity contribution < 1.29 is 14.3 Å². The number of carbonyl (C=O) groups excluding carboxylic acids is 2.